The second-order valence-corrected chi connectivity index (χ2v) is 10.0. The molecule has 1 aromatic carbocycles. The predicted octanol–water partition coefficient (Wildman–Crippen LogP) is 3.34. The van der Waals surface area contributed by atoms with Gasteiger partial charge in [0.2, 0.25) is 0 Å². The zero-order chi connectivity index (χ0) is 20.9. The van der Waals surface area contributed by atoms with Crippen LogP contribution in [0.5, 0.6) is 0 Å². The number of benzene rings is 1. The van der Waals surface area contributed by atoms with E-state index in [1.54, 1.807) is 30.6 Å². The highest BCUT2D eigenvalue weighted by atomic mass is 32.2. The van der Waals surface area contributed by atoms with Crippen molar-refractivity contribution in [1.29, 1.82) is 0 Å². The Labute approximate surface area is 175 Å². The number of hydrogen-bond acceptors (Lipinski definition) is 7. The molecule has 1 saturated carbocycles. The molecule has 3 aromatic rings. The zero-order valence-corrected chi connectivity index (χ0v) is 17.9. The number of hydrogen-bond donors (Lipinski definition) is 0. The summed E-state index contributed by atoms with van der Waals surface area (Å²) >= 11 is 0. The van der Waals surface area contributed by atoms with Crippen molar-refractivity contribution in [2.24, 2.45) is 0 Å². The van der Waals surface area contributed by atoms with Crippen molar-refractivity contribution in [2.45, 2.75) is 56.0 Å². The summed E-state index contributed by atoms with van der Waals surface area (Å²) in [4.78, 5) is 12.3. The second-order valence-electron chi connectivity index (χ2n) is 8.03. The highest BCUT2D eigenvalue weighted by Gasteiger charge is 2.38. The third-order valence-corrected chi connectivity index (χ3v) is 7.24. The second kappa shape index (κ2) is 7.16. The first-order chi connectivity index (χ1) is 14.5. The van der Waals surface area contributed by atoms with E-state index >= 15 is 0 Å². The van der Waals surface area contributed by atoms with Crippen LogP contribution in [0.2, 0.25) is 0 Å². The number of fused-ring (bicyclic) bond motifs is 3. The quantitative estimate of drug-likeness (QED) is 0.634. The average molecular weight is 425 g/mol. The fourth-order valence-corrected chi connectivity index (χ4v) is 5.27. The molecule has 0 N–H and O–H groups in total. The van der Waals surface area contributed by atoms with Crippen molar-refractivity contribution >= 4 is 15.7 Å². The lowest BCUT2D eigenvalue weighted by Crippen LogP contribution is -2.42. The highest BCUT2D eigenvalue weighted by Crippen LogP contribution is 2.42. The van der Waals surface area contributed by atoms with Gasteiger partial charge in [-0.25, -0.2) is 18.4 Å². The van der Waals surface area contributed by atoms with E-state index in [1.807, 2.05) is 10.8 Å². The first-order valence-corrected chi connectivity index (χ1v) is 12.2. The maximum atomic E-state index is 11.8. The van der Waals surface area contributed by atoms with E-state index in [0.717, 1.165) is 42.2 Å². The van der Waals surface area contributed by atoms with Crippen LogP contribution in [0.4, 0.5) is 5.82 Å². The molecule has 0 bridgehead atoms. The van der Waals surface area contributed by atoms with Crippen molar-refractivity contribution in [2.75, 3.05) is 11.2 Å². The van der Waals surface area contributed by atoms with Crippen molar-refractivity contribution in [3.8, 4) is 17.1 Å². The van der Waals surface area contributed by atoms with Crippen LogP contribution < -0.4 is 4.90 Å². The fraction of sp³-hybridized carbons (Fsp3) is 0.429. The van der Waals surface area contributed by atoms with E-state index in [9.17, 15) is 8.42 Å². The summed E-state index contributed by atoms with van der Waals surface area (Å²) in [5, 5.41) is 8.55. The number of anilines is 1. The lowest BCUT2D eigenvalue weighted by molar-refractivity contribution is 0.469. The lowest BCUT2D eigenvalue weighted by Gasteiger charge is -2.40. The van der Waals surface area contributed by atoms with Crippen LogP contribution in [0, 0.1) is 0 Å². The molecular formula is C21H24N6O2S. The largest absolute Gasteiger partial charge is 0.342 e. The van der Waals surface area contributed by atoms with Gasteiger partial charge in [-0.2, -0.15) is 0 Å². The smallest absolute Gasteiger partial charge is 0.175 e. The molecule has 8 nitrogen and oxygen atoms in total. The Morgan fingerprint density at radius 1 is 1.13 bits per heavy atom. The Hall–Kier alpha value is -2.81. The number of sulfone groups is 1. The Morgan fingerprint density at radius 2 is 1.87 bits per heavy atom. The number of rotatable bonds is 4. The van der Waals surface area contributed by atoms with Crippen LogP contribution in [0.15, 0.2) is 41.7 Å². The topological polar surface area (TPSA) is 93.9 Å². The van der Waals surface area contributed by atoms with Gasteiger partial charge in [-0.3, -0.25) is 4.57 Å². The van der Waals surface area contributed by atoms with Crippen molar-refractivity contribution < 1.29 is 8.42 Å². The molecule has 3 heterocycles. The molecule has 1 fully saturated rings. The maximum absolute atomic E-state index is 11.8. The van der Waals surface area contributed by atoms with Crippen molar-refractivity contribution in [1.82, 2.24) is 24.7 Å². The van der Waals surface area contributed by atoms with Gasteiger partial charge in [0.25, 0.3) is 0 Å². The van der Waals surface area contributed by atoms with Gasteiger partial charge in [-0.15, -0.1) is 10.2 Å². The molecule has 0 spiro atoms. The maximum Gasteiger partial charge on any atom is 0.175 e. The minimum absolute atomic E-state index is 0.124. The summed E-state index contributed by atoms with van der Waals surface area (Å²) in [7, 11) is -3.24. The molecule has 2 aliphatic rings. The Kier molecular flexibility index (Phi) is 4.57. The van der Waals surface area contributed by atoms with Gasteiger partial charge in [0.15, 0.2) is 27.3 Å². The molecule has 0 radical (unpaired) electrons. The molecule has 1 aliphatic heterocycles. The number of aromatic nitrogens is 5. The van der Waals surface area contributed by atoms with Gasteiger partial charge in [0, 0.05) is 17.9 Å². The summed E-state index contributed by atoms with van der Waals surface area (Å²) in [5.41, 5.74) is 1.68. The van der Waals surface area contributed by atoms with Crippen LogP contribution in [-0.4, -0.2) is 45.4 Å². The molecule has 1 aliphatic carbocycles. The number of nitrogens with zero attached hydrogens (tertiary/aromatic N) is 6. The summed E-state index contributed by atoms with van der Waals surface area (Å²) < 4.78 is 25.5. The molecule has 30 heavy (non-hydrogen) atoms. The molecule has 0 saturated heterocycles. The Bertz CT molecular complexity index is 1180. The minimum Gasteiger partial charge on any atom is -0.342 e. The molecule has 5 rings (SSSR count). The van der Waals surface area contributed by atoms with Gasteiger partial charge in [-0.05, 0) is 43.5 Å². The van der Waals surface area contributed by atoms with E-state index in [0.29, 0.717) is 11.9 Å². The normalized spacial score (nSPS) is 19.0. The van der Waals surface area contributed by atoms with Crippen LogP contribution in [0.25, 0.3) is 17.1 Å². The van der Waals surface area contributed by atoms with E-state index in [2.05, 4.69) is 27.0 Å². The summed E-state index contributed by atoms with van der Waals surface area (Å²) in [6.07, 6.45) is 10.4. The lowest BCUT2D eigenvalue weighted by atomic mass is 10.0. The van der Waals surface area contributed by atoms with Crippen LogP contribution in [0.1, 0.15) is 50.9 Å². The SMILES string of the molecule is CCC1c2nncn2-c2cnc(-c3ccc(S(C)(=O)=O)cc3)nc2N1C1CCCC1. The standard InChI is InChI=1S/C21H24N6O2S/c1-3-17-21-25-23-13-26(21)18-12-22-19(14-8-10-16(11-9-14)30(2,28)29)24-20(18)27(17)15-6-4-5-7-15/h8-13,15,17H,3-7H2,1-2H3. The van der Waals surface area contributed by atoms with Crippen LogP contribution in [0.3, 0.4) is 0 Å². The predicted molar refractivity (Wildman–Crippen MR) is 113 cm³/mol. The summed E-state index contributed by atoms with van der Waals surface area (Å²) in [6.45, 7) is 2.17. The van der Waals surface area contributed by atoms with E-state index in [-0.39, 0.29) is 10.9 Å². The fourth-order valence-electron chi connectivity index (χ4n) is 4.63. The highest BCUT2D eigenvalue weighted by molar-refractivity contribution is 7.90. The van der Waals surface area contributed by atoms with Gasteiger partial charge in [0.1, 0.15) is 12.0 Å². The molecule has 9 heteroatoms. The molecule has 2 aromatic heterocycles. The van der Waals surface area contributed by atoms with Gasteiger partial charge >= 0.3 is 0 Å². The first-order valence-electron chi connectivity index (χ1n) is 10.3. The van der Waals surface area contributed by atoms with E-state index in [1.165, 1.54) is 19.1 Å². The molecule has 1 atom stereocenters. The third-order valence-electron chi connectivity index (χ3n) is 6.11. The zero-order valence-electron chi connectivity index (χ0n) is 17.1. The molecule has 1 unspecified atom stereocenters. The Balaban J connectivity index is 1.63. The van der Waals surface area contributed by atoms with E-state index < -0.39 is 9.84 Å². The molecule has 0 amide bonds. The van der Waals surface area contributed by atoms with Crippen LogP contribution >= 0.6 is 0 Å². The monoisotopic (exact) mass is 424 g/mol. The Morgan fingerprint density at radius 3 is 2.53 bits per heavy atom. The first kappa shape index (κ1) is 19.2. The van der Waals surface area contributed by atoms with Crippen molar-refractivity contribution in [3.63, 3.8) is 0 Å². The third kappa shape index (κ3) is 3.08. The molecular weight excluding hydrogens is 400 g/mol. The van der Waals surface area contributed by atoms with Crippen LogP contribution in [-0.2, 0) is 9.84 Å². The minimum atomic E-state index is -3.24. The van der Waals surface area contributed by atoms with Crippen molar-refractivity contribution in [3.05, 3.63) is 42.6 Å². The van der Waals surface area contributed by atoms with Gasteiger partial charge < -0.3 is 4.90 Å². The van der Waals surface area contributed by atoms with E-state index in [4.69, 9.17) is 4.98 Å². The summed E-state index contributed by atoms with van der Waals surface area (Å²) in [6, 6.07) is 7.29. The van der Waals surface area contributed by atoms with Gasteiger partial charge in [0.05, 0.1) is 17.1 Å². The molecule has 156 valence electrons. The van der Waals surface area contributed by atoms with Gasteiger partial charge in [-0.1, -0.05) is 19.8 Å². The summed E-state index contributed by atoms with van der Waals surface area (Å²) in [5.74, 6) is 2.42. The average Bonchev–Trinajstić information content (AvgIpc) is 3.44.